The summed E-state index contributed by atoms with van der Waals surface area (Å²) in [7, 11) is 0. The van der Waals surface area contributed by atoms with Crippen LogP contribution in [0.4, 0.5) is 16.2 Å². The van der Waals surface area contributed by atoms with Crippen LogP contribution in [0.2, 0.25) is 0 Å². The Kier molecular flexibility index (Phi) is 6.69. The van der Waals surface area contributed by atoms with E-state index in [0.29, 0.717) is 25.6 Å². The first-order valence-electron chi connectivity index (χ1n) is 6.90. The third-order valence-corrected chi connectivity index (χ3v) is 2.65. The SMILES string of the molecule is CCCNc1ncc(F)c(N(CC)CC(=O)NCC)n1. The van der Waals surface area contributed by atoms with Crippen LogP contribution in [-0.2, 0) is 4.79 Å². The van der Waals surface area contributed by atoms with E-state index < -0.39 is 5.82 Å². The lowest BCUT2D eigenvalue weighted by atomic mass is 10.4. The van der Waals surface area contributed by atoms with Gasteiger partial charge < -0.3 is 15.5 Å². The van der Waals surface area contributed by atoms with Gasteiger partial charge in [0.15, 0.2) is 11.6 Å². The summed E-state index contributed by atoms with van der Waals surface area (Å²) in [6.07, 6.45) is 2.05. The van der Waals surface area contributed by atoms with Gasteiger partial charge in [-0.15, -0.1) is 0 Å². The fourth-order valence-corrected chi connectivity index (χ4v) is 1.66. The summed E-state index contributed by atoms with van der Waals surface area (Å²) >= 11 is 0. The van der Waals surface area contributed by atoms with Crippen molar-refractivity contribution < 1.29 is 9.18 Å². The van der Waals surface area contributed by atoms with Gasteiger partial charge in [-0.1, -0.05) is 6.92 Å². The molecule has 0 saturated carbocycles. The number of amides is 1. The topological polar surface area (TPSA) is 70.2 Å². The van der Waals surface area contributed by atoms with Crippen LogP contribution in [0.25, 0.3) is 0 Å². The maximum atomic E-state index is 13.8. The minimum atomic E-state index is -0.529. The predicted molar refractivity (Wildman–Crippen MR) is 77.3 cm³/mol. The summed E-state index contributed by atoms with van der Waals surface area (Å²) in [5, 5.41) is 5.69. The van der Waals surface area contributed by atoms with Gasteiger partial charge in [0, 0.05) is 19.6 Å². The number of hydrogen-bond donors (Lipinski definition) is 2. The highest BCUT2D eigenvalue weighted by Crippen LogP contribution is 2.16. The van der Waals surface area contributed by atoms with Crippen LogP contribution >= 0.6 is 0 Å². The van der Waals surface area contributed by atoms with Crippen molar-refractivity contribution in [2.45, 2.75) is 27.2 Å². The van der Waals surface area contributed by atoms with Gasteiger partial charge in [0.25, 0.3) is 0 Å². The smallest absolute Gasteiger partial charge is 0.239 e. The fraction of sp³-hybridized carbons (Fsp3) is 0.615. The Bertz CT molecular complexity index is 441. The molecule has 7 heteroatoms. The Hall–Kier alpha value is -1.92. The van der Waals surface area contributed by atoms with Crippen molar-refractivity contribution >= 4 is 17.7 Å². The van der Waals surface area contributed by atoms with Crippen molar-refractivity contribution in [3.8, 4) is 0 Å². The van der Waals surface area contributed by atoms with Crippen LogP contribution < -0.4 is 15.5 Å². The Balaban J connectivity index is 2.86. The number of rotatable bonds is 8. The minimum absolute atomic E-state index is 0.0749. The van der Waals surface area contributed by atoms with Crippen LogP contribution in [0.5, 0.6) is 0 Å². The highest BCUT2D eigenvalue weighted by atomic mass is 19.1. The second-order valence-electron chi connectivity index (χ2n) is 4.26. The molecule has 20 heavy (non-hydrogen) atoms. The molecule has 0 atom stereocenters. The van der Waals surface area contributed by atoms with Gasteiger partial charge in [-0.25, -0.2) is 9.37 Å². The van der Waals surface area contributed by atoms with E-state index in [4.69, 9.17) is 0 Å². The molecule has 2 N–H and O–H groups in total. The molecule has 112 valence electrons. The predicted octanol–water partition coefficient (Wildman–Crippen LogP) is 1.40. The monoisotopic (exact) mass is 283 g/mol. The second-order valence-corrected chi connectivity index (χ2v) is 4.26. The van der Waals surface area contributed by atoms with Crippen LogP contribution in [0.15, 0.2) is 6.20 Å². The summed E-state index contributed by atoms with van der Waals surface area (Å²) in [6.45, 7) is 7.53. The zero-order chi connectivity index (χ0) is 15.0. The molecule has 1 amide bonds. The normalized spacial score (nSPS) is 10.2. The molecule has 0 saturated heterocycles. The molecule has 1 aromatic heterocycles. The van der Waals surface area contributed by atoms with Gasteiger partial charge in [0.2, 0.25) is 11.9 Å². The van der Waals surface area contributed by atoms with Gasteiger partial charge in [-0.3, -0.25) is 4.79 Å². The number of nitrogens with zero attached hydrogens (tertiary/aromatic N) is 3. The molecule has 0 spiro atoms. The summed E-state index contributed by atoms with van der Waals surface area (Å²) < 4.78 is 13.8. The highest BCUT2D eigenvalue weighted by Gasteiger charge is 2.16. The zero-order valence-electron chi connectivity index (χ0n) is 12.2. The molecule has 0 aliphatic carbocycles. The van der Waals surface area contributed by atoms with E-state index in [0.717, 1.165) is 12.6 Å². The zero-order valence-corrected chi connectivity index (χ0v) is 12.2. The summed E-state index contributed by atoms with van der Waals surface area (Å²) in [6, 6.07) is 0. The van der Waals surface area contributed by atoms with E-state index in [2.05, 4.69) is 20.6 Å². The van der Waals surface area contributed by atoms with Crippen molar-refractivity contribution in [1.29, 1.82) is 0 Å². The van der Waals surface area contributed by atoms with E-state index >= 15 is 0 Å². The van der Waals surface area contributed by atoms with E-state index in [1.54, 1.807) is 4.90 Å². The number of aromatic nitrogens is 2. The first-order valence-corrected chi connectivity index (χ1v) is 6.90. The first kappa shape index (κ1) is 16.1. The Labute approximate surface area is 118 Å². The lowest BCUT2D eigenvalue weighted by Crippen LogP contribution is -2.38. The molecule has 0 unspecified atom stereocenters. The summed E-state index contributed by atoms with van der Waals surface area (Å²) in [4.78, 5) is 21.2. The van der Waals surface area contributed by atoms with Gasteiger partial charge in [0.1, 0.15) is 0 Å². The quantitative estimate of drug-likeness (QED) is 0.754. The number of carbonyl (C=O) groups excluding carboxylic acids is 1. The van der Waals surface area contributed by atoms with Crippen molar-refractivity contribution in [2.75, 3.05) is 36.4 Å². The molecule has 0 bridgehead atoms. The molecule has 0 aliphatic heterocycles. The van der Waals surface area contributed by atoms with E-state index in [1.807, 2.05) is 20.8 Å². The van der Waals surface area contributed by atoms with Crippen molar-refractivity contribution in [3.05, 3.63) is 12.0 Å². The standard InChI is InChI=1S/C13H22FN5O/c1-4-7-16-13-17-8-10(14)12(18-13)19(6-3)9-11(20)15-5-2/h8H,4-7,9H2,1-3H3,(H,15,20)(H,16,17,18). The molecular formula is C13H22FN5O. The lowest BCUT2D eigenvalue weighted by Gasteiger charge is -2.22. The van der Waals surface area contributed by atoms with E-state index in [1.165, 1.54) is 0 Å². The van der Waals surface area contributed by atoms with Gasteiger partial charge in [-0.05, 0) is 20.3 Å². The second kappa shape index (κ2) is 8.29. The maximum absolute atomic E-state index is 13.8. The number of likely N-dealkylation sites (N-methyl/N-ethyl adjacent to an activating group) is 2. The van der Waals surface area contributed by atoms with Crippen molar-refractivity contribution in [1.82, 2.24) is 15.3 Å². The van der Waals surface area contributed by atoms with E-state index in [-0.39, 0.29) is 18.3 Å². The fourth-order valence-electron chi connectivity index (χ4n) is 1.66. The average molecular weight is 283 g/mol. The maximum Gasteiger partial charge on any atom is 0.239 e. The van der Waals surface area contributed by atoms with Crippen LogP contribution in [0.1, 0.15) is 27.2 Å². The van der Waals surface area contributed by atoms with Gasteiger partial charge in [0.05, 0.1) is 12.7 Å². The molecule has 0 aliphatic rings. The summed E-state index contributed by atoms with van der Waals surface area (Å²) in [5.41, 5.74) is 0. The molecule has 1 aromatic rings. The number of hydrogen-bond acceptors (Lipinski definition) is 5. The number of carbonyl (C=O) groups is 1. The van der Waals surface area contributed by atoms with Crippen molar-refractivity contribution in [2.24, 2.45) is 0 Å². The third kappa shape index (κ3) is 4.64. The van der Waals surface area contributed by atoms with Crippen molar-refractivity contribution in [3.63, 3.8) is 0 Å². The number of halogens is 1. The largest absolute Gasteiger partial charge is 0.355 e. The summed E-state index contributed by atoms with van der Waals surface area (Å²) in [5.74, 6) is -0.168. The molecular weight excluding hydrogens is 261 g/mol. The highest BCUT2D eigenvalue weighted by molar-refractivity contribution is 5.81. The van der Waals surface area contributed by atoms with Crippen LogP contribution in [-0.4, -0.2) is 42.1 Å². The molecule has 1 heterocycles. The Morgan fingerprint density at radius 2 is 2.15 bits per heavy atom. The van der Waals surface area contributed by atoms with Gasteiger partial charge in [-0.2, -0.15) is 4.98 Å². The van der Waals surface area contributed by atoms with Crippen LogP contribution in [0.3, 0.4) is 0 Å². The number of anilines is 2. The average Bonchev–Trinajstić information content (AvgIpc) is 2.44. The third-order valence-electron chi connectivity index (χ3n) is 2.65. The Morgan fingerprint density at radius 3 is 2.75 bits per heavy atom. The van der Waals surface area contributed by atoms with Crippen LogP contribution in [0, 0.1) is 5.82 Å². The first-order chi connectivity index (χ1) is 9.62. The molecule has 1 rings (SSSR count). The molecule has 0 aromatic carbocycles. The minimum Gasteiger partial charge on any atom is -0.355 e. The number of nitrogens with one attached hydrogen (secondary N) is 2. The molecule has 0 fully saturated rings. The molecule has 0 radical (unpaired) electrons. The lowest BCUT2D eigenvalue weighted by molar-refractivity contribution is -0.119. The molecule has 6 nitrogen and oxygen atoms in total. The van der Waals surface area contributed by atoms with E-state index in [9.17, 15) is 9.18 Å². The Morgan fingerprint density at radius 1 is 1.40 bits per heavy atom. The van der Waals surface area contributed by atoms with Gasteiger partial charge >= 0.3 is 0 Å².